The number of hydrogen-bond donors (Lipinski definition) is 3. The molecule has 1 unspecified atom stereocenters. The predicted octanol–water partition coefficient (Wildman–Crippen LogP) is 2.83. The Kier molecular flexibility index (Phi) is 4.25. The minimum Gasteiger partial charge on any atom is -0.507 e. The third-order valence-corrected chi connectivity index (χ3v) is 5.95. The number of carbonyl (C=O) groups is 1. The van der Waals surface area contributed by atoms with E-state index in [4.69, 9.17) is 5.11 Å². The van der Waals surface area contributed by atoms with Crippen LogP contribution in [0.1, 0.15) is 37.8 Å². The van der Waals surface area contributed by atoms with E-state index in [1.165, 1.54) is 6.07 Å². The number of benzene rings is 1. The van der Waals surface area contributed by atoms with Gasteiger partial charge in [-0.1, -0.05) is 0 Å². The standard InChI is InChI=1S/C20H25N3O4/c1-11-16(22-8-7-13(10-22)12(2)21-20(26)27)6-5-15-17(24)9-18(25)23(19(11)15)14-3-4-14/h5-6,9,12-14,21,24H,3-4,7-8,10H2,1-2H3,(H,26,27)/t12-,13?/m0/s1. The first-order chi connectivity index (χ1) is 12.9. The summed E-state index contributed by atoms with van der Waals surface area (Å²) >= 11 is 0. The van der Waals surface area contributed by atoms with E-state index in [1.807, 2.05) is 30.5 Å². The molecule has 7 nitrogen and oxygen atoms in total. The molecule has 27 heavy (non-hydrogen) atoms. The van der Waals surface area contributed by atoms with Gasteiger partial charge in [-0.25, -0.2) is 4.79 Å². The van der Waals surface area contributed by atoms with Gasteiger partial charge in [0.15, 0.2) is 0 Å². The molecule has 1 aliphatic carbocycles. The first kappa shape index (κ1) is 17.7. The van der Waals surface area contributed by atoms with Gasteiger partial charge in [0.1, 0.15) is 5.75 Å². The number of fused-ring (bicyclic) bond motifs is 1. The summed E-state index contributed by atoms with van der Waals surface area (Å²) in [5.74, 6) is 0.270. The van der Waals surface area contributed by atoms with E-state index in [9.17, 15) is 14.7 Å². The minimum atomic E-state index is -0.994. The van der Waals surface area contributed by atoms with Crippen molar-refractivity contribution in [2.24, 2.45) is 5.92 Å². The summed E-state index contributed by atoms with van der Waals surface area (Å²) in [5, 5.41) is 22.5. The fourth-order valence-corrected chi connectivity index (χ4v) is 4.35. The second-order valence-electron chi connectivity index (χ2n) is 7.81. The number of aromatic nitrogens is 1. The lowest BCUT2D eigenvalue weighted by atomic mass is 10.0. The molecule has 144 valence electrons. The number of hydrogen-bond acceptors (Lipinski definition) is 4. The maximum Gasteiger partial charge on any atom is 0.404 e. The summed E-state index contributed by atoms with van der Waals surface area (Å²) in [6, 6.07) is 5.31. The molecule has 7 heteroatoms. The van der Waals surface area contributed by atoms with Crippen LogP contribution in [0.25, 0.3) is 10.9 Å². The van der Waals surface area contributed by atoms with Gasteiger partial charge in [0.25, 0.3) is 5.56 Å². The Bertz CT molecular complexity index is 964. The second kappa shape index (κ2) is 6.48. The normalized spacial score (nSPS) is 20.8. The summed E-state index contributed by atoms with van der Waals surface area (Å²) in [6.45, 7) is 5.51. The summed E-state index contributed by atoms with van der Waals surface area (Å²) in [5.41, 5.74) is 2.71. The molecular formula is C20H25N3O4. The molecule has 3 N–H and O–H groups in total. The van der Waals surface area contributed by atoms with Crippen molar-refractivity contribution in [3.8, 4) is 5.75 Å². The number of aryl methyl sites for hydroxylation is 1. The lowest BCUT2D eigenvalue weighted by molar-refractivity contribution is 0.186. The average molecular weight is 371 g/mol. The van der Waals surface area contributed by atoms with Gasteiger partial charge in [0, 0.05) is 42.3 Å². The smallest absolute Gasteiger partial charge is 0.404 e. The van der Waals surface area contributed by atoms with Crippen LogP contribution in [0.15, 0.2) is 23.0 Å². The Morgan fingerprint density at radius 1 is 1.30 bits per heavy atom. The lowest BCUT2D eigenvalue weighted by Crippen LogP contribution is -2.38. The van der Waals surface area contributed by atoms with Gasteiger partial charge in [-0.05, 0) is 56.7 Å². The third kappa shape index (κ3) is 3.11. The third-order valence-electron chi connectivity index (χ3n) is 5.95. The van der Waals surface area contributed by atoms with Gasteiger partial charge < -0.3 is 25.0 Å². The highest BCUT2D eigenvalue weighted by Gasteiger charge is 2.31. The molecule has 2 heterocycles. The van der Waals surface area contributed by atoms with Crippen LogP contribution in [0.5, 0.6) is 5.75 Å². The van der Waals surface area contributed by atoms with Crippen LogP contribution in [0.4, 0.5) is 10.5 Å². The van der Waals surface area contributed by atoms with Gasteiger partial charge in [0.2, 0.25) is 0 Å². The molecule has 1 aliphatic heterocycles. The van der Waals surface area contributed by atoms with Gasteiger partial charge in [0.05, 0.1) is 5.52 Å². The summed E-state index contributed by atoms with van der Waals surface area (Å²) in [7, 11) is 0. The summed E-state index contributed by atoms with van der Waals surface area (Å²) in [6.07, 6.45) is 1.90. The summed E-state index contributed by atoms with van der Waals surface area (Å²) in [4.78, 5) is 25.7. The molecule has 2 aliphatic rings. The van der Waals surface area contributed by atoms with Crippen LogP contribution in [-0.2, 0) is 0 Å². The number of rotatable bonds is 4. The van der Waals surface area contributed by atoms with Crippen LogP contribution >= 0.6 is 0 Å². The monoisotopic (exact) mass is 371 g/mol. The van der Waals surface area contributed by atoms with E-state index >= 15 is 0 Å². The molecule has 1 saturated heterocycles. The van der Waals surface area contributed by atoms with E-state index in [-0.39, 0.29) is 29.3 Å². The Hall–Kier alpha value is -2.70. The van der Waals surface area contributed by atoms with Crippen molar-refractivity contribution < 1.29 is 15.0 Å². The highest BCUT2D eigenvalue weighted by atomic mass is 16.4. The molecule has 0 bridgehead atoms. The number of anilines is 1. The van der Waals surface area contributed by atoms with Crippen molar-refractivity contribution >= 4 is 22.7 Å². The highest BCUT2D eigenvalue weighted by Crippen LogP contribution is 2.40. The topological polar surface area (TPSA) is 94.8 Å². The van der Waals surface area contributed by atoms with E-state index in [0.29, 0.717) is 5.39 Å². The van der Waals surface area contributed by atoms with Gasteiger partial charge in [-0.15, -0.1) is 0 Å². The molecule has 1 amide bonds. The maximum absolute atomic E-state index is 12.5. The Morgan fingerprint density at radius 3 is 2.70 bits per heavy atom. The van der Waals surface area contributed by atoms with Crippen molar-refractivity contribution in [1.29, 1.82) is 0 Å². The first-order valence-corrected chi connectivity index (χ1v) is 9.49. The predicted molar refractivity (Wildman–Crippen MR) is 104 cm³/mol. The van der Waals surface area contributed by atoms with Crippen molar-refractivity contribution in [3.63, 3.8) is 0 Å². The van der Waals surface area contributed by atoms with Crippen LogP contribution in [0.3, 0.4) is 0 Å². The maximum atomic E-state index is 12.5. The van der Waals surface area contributed by atoms with Gasteiger partial charge in [-0.2, -0.15) is 0 Å². The minimum absolute atomic E-state index is 0.0279. The Labute approximate surface area is 157 Å². The quantitative estimate of drug-likeness (QED) is 0.768. The molecule has 1 saturated carbocycles. The fraction of sp³-hybridized carbons (Fsp3) is 0.500. The van der Waals surface area contributed by atoms with Crippen LogP contribution in [-0.4, -0.2) is 40.0 Å². The van der Waals surface area contributed by atoms with E-state index in [1.54, 1.807) is 0 Å². The van der Waals surface area contributed by atoms with Crippen LogP contribution in [0, 0.1) is 12.8 Å². The molecule has 0 radical (unpaired) electrons. The molecule has 2 aromatic rings. The number of amides is 1. The Morgan fingerprint density at radius 2 is 2.04 bits per heavy atom. The second-order valence-corrected chi connectivity index (χ2v) is 7.81. The Balaban J connectivity index is 1.72. The van der Waals surface area contributed by atoms with Crippen molar-refractivity contribution in [1.82, 2.24) is 9.88 Å². The molecule has 0 spiro atoms. The summed E-state index contributed by atoms with van der Waals surface area (Å²) < 4.78 is 1.83. The fourth-order valence-electron chi connectivity index (χ4n) is 4.35. The molecule has 1 aromatic carbocycles. The van der Waals surface area contributed by atoms with Crippen molar-refractivity contribution in [3.05, 3.63) is 34.1 Å². The van der Waals surface area contributed by atoms with E-state index < -0.39 is 6.09 Å². The van der Waals surface area contributed by atoms with Gasteiger partial charge in [-0.3, -0.25) is 4.79 Å². The van der Waals surface area contributed by atoms with Gasteiger partial charge >= 0.3 is 6.09 Å². The van der Waals surface area contributed by atoms with Crippen LogP contribution in [0.2, 0.25) is 0 Å². The largest absolute Gasteiger partial charge is 0.507 e. The molecule has 2 atom stereocenters. The van der Waals surface area contributed by atoms with E-state index in [0.717, 1.165) is 49.1 Å². The SMILES string of the molecule is Cc1c(N2CCC([C@H](C)NC(=O)O)C2)ccc2c(O)cc(=O)n(C3CC3)c12. The zero-order valence-electron chi connectivity index (χ0n) is 15.6. The number of carboxylic acid groups (broad SMARTS) is 1. The zero-order chi connectivity index (χ0) is 19.3. The van der Waals surface area contributed by atoms with E-state index in [2.05, 4.69) is 10.2 Å². The van der Waals surface area contributed by atoms with Crippen molar-refractivity contribution in [2.45, 2.75) is 45.2 Å². The molecule has 1 aromatic heterocycles. The average Bonchev–Trinajstić information content (AvgIpc) is 3.30. The number of pyridine rings is 1. The molecule has 2 fully saturated rings. The van der Waals surface area contributed by atoms with Crippen LogP contribution < -0.4 is 15.8 Å². The number of nitrogens with zero attached hydrogens (tertiary/aromatic N) is 2. The van der Waals surface area contributed by atoms with Crippen molar-refractivity contribution in [2.75, 3.05) is 18.0 Å². The highest BCUT2D eigenvalue weighted by molar-refractivity contribution is 5.91. The number of nitrogens with one attached hydrogen (secondary N) is 1. The number of aromatic hydroxyl groups is 1. The molecule has 4 rings (SSSR count). The lowest BCUT2D eigenvalue weighted by Gasteiger charge is -2.25. The zero-order valence-corrected chi connectivity index (χ0v) is 15.6. The first-order valence-electron chi connectivity index (χ1n) is 9.49. The molecular weight excluding hydrogens is 346 g/mol.